The number of aryl methyl sites for hydroxylation is 1. The molecule has 2 heterocycles. The molecule has 1 aromatic heterocycles. The second-order valence-corrected chi connectivity index (χ2v) is 5.15. The Hall–Kier alpha value is -1.60. The molecule has 0 radical (unpaired) electrons. The van der Waals surface area contributed by atoms with Gasteiger partial charge in [-0.05, 0) is 51.3 Å². The van der Waals surface area contributed by atoms with Crippen LogP contribution in [0, 0.1) is 24.2 Å². The van der Waals surface area contributed by atoms with Gasteiger partial charge < -0.3 is 10.6 Å². The van der Waals surface area contributed by atoms with E-state index in [0.29, 0.717) is 17.5 Å². The van der Waals surface area contributed by atoms with Gasteiger partial charge in [0.1, 0.15) is 5.82 Å². The first-order valence-corrected chi connectivity index (χ1v) is 6.49. The highest BCUT2D eigenvalue weighted by atomic mass is 15.2. The van der Waals surface area contributed by atoms with E-state index in [1.807, 2.05) is 19.1 Å². The molecule has 0 aliphatic carbocycles. The highest BCUT2D eigenvalue weighted by Gasteiger charge is 2.25. The van der Waals surface area contributed by atoms with E-state index in [2.05, 4.69) is 22.9 Å². The number of hydrogen-bond donors (Lipinski definition) is 1. The second-order valence-electron chi connectivity index (χ2n) is 5.15. The lowest BCUT2D eigenvalue weighted by Gasteiger charge is -2.38. The molecule has 1 aliphatic heterocycles. The summed E-state index contributed by atoms with van der Waals surface area (Å²) in [5.74, 6) is 1.45. The molecule has 0 aromatic carbocycles. The molecule has 2 rings (SSSR count). The smallest absolute Gasteiger partial charge is 0.130 e. The monoisotopic (exact) mass is 244 g/mol. The molecule has 4 nitrogen and oxygen atoms in total. The van der Waals surface area contributed by atoms with Crippen molar-refractivity contribution in [2.24, 2.45) is 11.7 Å². The van der Waals surface area contributed by atoms with E-state index in [-0.39, 0.29) is 0 Å². The molecule has 2 atom stereocenters. The van der Waals surface area contributed by atoms with E-state index >= 15 is 0 Å². The van der Waals surface area contributed by atoms with Gasteiger partial charge in [-0.15, -0.1) is 0 Å². The van der Waals surface area contributed by atoms with Gasteiger partial charge in [0, 0.05) is 18.3 Å². The van der Waals surface area contributed by atoms with Crippen LogP contribution in [0.25, 0.3) is 0 Å². The van der Waals surface area contributed by atoms with Gasteiger partial charge in [-0.2, -0.15) is 5.26 Å². The minimum atomic E-state index is 0.466. The van der Waals surface area contributed by atoms with Crippen LogP contribution in [0.1, 0.15) is 31.0 Å². The summed E-state index contributed by atoms with van der Waals surface area (Å²) in [6, 6.07) is 6.36. The van der Waals surface area contributed by atoms with Crippen molar-refractivity contribution < 1.29 is 0 Å². The first-order valence-electron chi connectivity index (χ1n) is 6.49. The topological polar surface area (TPSA) is 65.9 Å². The summed E-state index contributed by atoms with van der Waals surface area (Å²) in [4.78, 5) is 6.85. The number of nitrogens with two attached hydrogens (primary N) is 1. The van der Waals surface area contributed by atoms with E-state index in [1.54, 1.807) is 0 Å². The van der Waals surface area contributed by atoms with Crippen LogP contribution in [0.2, 0.25) is 0 Å². The number of pyridine rings is 1. The third-order valence-electron chi connectivity index (χ3n) is 3.68. The molecule has 1 aromatic rings. The second kappa shape index (κ2) is 5.36. The van der Waals surface area contributed by atoms with Crippen LogP contribution in [-0.4, -0.2) is 24.1 Å². The predicted octanol–water partition coefficient (Wildman–Crippen LogP) is 1.83. The molecule has 1 fully saturated rings. The molecule has 0 bridgehead atoms. The summed E-state index contributed by atoms with van der Waals surface area (Å²) in [5, 5.41) is 9.03. The van der Waals surface area contributed by atoms with Crippen LogP contribution in [0.5, 0.6) is 0 Å². The third-order valence-corrected chi connectivity index (χ3v) is 3.68. The SMILES string of the molecule is Cc1cc(C#N)cc(N2CC(CN)CCC2C)n1. The van der Waals surface area contributed by atoms with Crippen LogP contribution in [0.15, 0.2) is 12.1 Å². The minimum Gasteiger partial charge on any atom is -0.354 e. The summed E-state index contributed by atoms with van der Waals surface area (Å²) in [7, 11) is 0. The molecule has 1 aliphatic rings. The van der Waals surface area contributed by atoms with Gasteiger partial charge in [-0.25, -0.2) is 4.98 Å². The number of hydrogen-bond acceptors (Lipinski definition) is 4. The van der Waals surface area contributed by atoms with Crippen LogP contribution in [0.4, 0.5) is 5.82 Å². The van der Waals surface area contributed by atoms with Crippen molar-refractivity contribution in [3.8, 4) is 6.07 Å². The summed E-state index contributed by atoms with van der Waals surface area (Å²) >= 11 is 0. The Balaban J connectivity index is 2.29. The summed E-state index contributed by atoms with van der Waals surface area (Å²) < 4.78 is 0. The van der Waals surface area contributed by atoms with Crippen molar-refractivity contribution in [3.63, 3.8) is 0 Å². The number of piperidine rings is 1. The fourth-order valence-electron chi connectivity index (χ4n) is 2.56. The number of anilines is 1. The first kappa shape index (κ1) is 12.8. The summed E-state index contributed by atoms with van der Waals surface area (Å²) in [6.07, 6.45) is 2.32. The Bertz CT molecular complexity index is 463. The van der Waals surface area contributed by atoms with Crippen LogP contribution in [-0.2, 0) is 0 Å². The molecule has 2 unspecified atom stereocenters. The molecule has 96 valence electrons. The lowest BCUT2D eigenvalue weighted by molar-refractivity contribution is 0.372. The first-order chi connectivity index (χ1) is 8.63. The molecule has 0 saturated carbocycles. The number of nitrogens with zero attached hydrogens (tertiary/aromatic N) is 3. The van der Waals surface area contributed by atoms with E-state index in [0.717, 1.165) is 31.0 Å². The molecule has 1 saturated heterocycles. The fraction of sp³-hybridized carbons (Fsp3) is 0.571. The van der Waals surface area contributed by atoms with E-state index in [1.165, 1.54) is 6.42 Å². The maximum absolute atomic E-state index is 9.03. The maximum atomic E-state index is 9.03. The molecule has 4 heteroatoms. The van der Waals surface area contributed by atoms with E-state index in [4.69, 9.17) is 11.0 Å². The molecule has 0 spiro atoms. The van der Waals surface area contributed by atoms with Gasteiger partial charge in [0.2, 0.25) is 0 Å². The quantitative estimate of drug-likeness (QED) is 0.862. The zero-order valence-corrected chi connectivity index (χ0v) is 11.1. The molecular weight excluding hydrogens is 224 g/mol. The Kier molecular flexibility index (Phi) is 3.83. The van der Waals surface area contributed by atoms with Crippen molar-refractivity contribution in [2.75, 3.05) is 18.0 Å². The van der Waals surface area contributed by atoms with Crippen molar-refractivity contribution in [1.29, 1.82) is 5.26 Å². The lowest BCUT2D eigenvalue weighted by atomic mass is 9.93. The fourth-order valence-corrected chi connectivity index (χ4v) is 2.56. The Morgan fingerprint density at radius 3 is 2.94 bits per heavy atom. The average Bonchev–Trinajstić information content (AvgIpc) is 2.38. The van der Waals surface area contributed by atoms with Gasteiger partial charge in [0.25, 0.3) is 0 Å². The van der Waals surface area contributed by atoms with Gasteiger partial charge in [-0.3, -0.25) is 0 Å². The highest BCUT2D eigenvalue weighted by Crippen LogP contribution is 2.26. The zero-order chi connectivity index (χ0) is 13.1. The molecule has 0 amide bonds. The van der Waals surface area contributed by atoms with Gasteiger partial charge in [0.15, 0.2) is 0 Å². The Morgan fingerprint density at radius 2 is 2.28 bits per heavy atom. The van der Waals surface area contributed by atoms with Gasteiger partial charge in [-0.1, -0.05) is 0 Å². The number of rotatable bonds is 2. The Labute approximate surface area is 108 Å². The van der Waals surface area contributed by atoms with Crippen molar-refractivity contribution in [2.45, 2.75) is 32.7 Å². The van der Waals surface area contributed by atoms with Crippen LogP contribution < -0.4 is 10.6 Å². The van der Waals surface area contributed by atoms with E-state index in [9.17, 15) is 0 Å². The van der Waals surface area contributed by atoms with Crippen molar-refractivity contribution in [3.05, 3.63) is 23.4 Å². The average molecular weight is 244 g/mol. The molecule has 18 heavy (non-hydrogen) atoms. The zero-order valence-electron chi connectivity index (χ0n) is 11.1. The van der Waals surface area contributed by atoms with Crippen molar-refractivity contribution >= 4 is 5.82 Å². The predicted molar refractivity (Wildman–Crippen MR) is 72.3 cm³/mol. The third kappa shape index (κ3) is 2.62. The minimum absolute atomic E-state index is 0.466. The highest BCUT2D eigenvalue weighted by molar-refractivity contribution is 5.47. The normalized spacial score (nSPS) is 23.8. The summed E-state index contributed by atoms with van der Waals surface area (Å²) in [6.45, 7) is 5.81. The number of aromatic nitrogens is 1. The van der Waals surface area contributed by atoms with Gasteiger partial charge >= 0.3 is 0 Å². The molecule has 2 N–H and O–H groups in total. The van der Waals surface area contributed by atoms with E-state index < -0.39 is 0 Å². The number of nitriles is 1. The standard InChI is InChI=1S/C14H20N4/c1-10-5-13(8-16)6-14(17-10)18-9-12(7-15)4-3-11(18)2/h5-6,11-12H,3-4,7,9,15H2,1-2H3. The van der Waals surface area contributed by atoms with Crippen LogP contribution >= 0.6 is 0 Å². The lowest BCUT2D eigenvalue weighted by Crippen LogP contribution is -2.44. The maximum Gasteiger partial charge on any atom is 0.130 e. The van der Waals surface area contributed by atoms with Crippen molar-refractivity contribution in [1.82, 2.24) is 4.98 Å². The van der Waals surface area contributed by atoms with Crippen LogP contribution in [0.3, 0.4) is 0 Å². The largest absolute Gasteiger partial charge is 0.354 e. The Morgan fingerprint density at radius 1 is 1.50 bits per heavy atom. The van der Waals surface area contributed by atoms with Gasteiger partial charge in [0.05, 0.1) is 11.6 Å². The molecular formula is C14H20N4. The summed E-state index contributed by atoms with van der Waals surface area (Å²) in [5.41, 5.74) is 7.35.